The summed E-state index contributed by atoms with van der Waals surface area (Å²) in [6.45, 7) is 0. The first kappa shape index (κ1) is 12.1. The summed E-state index contributed by atoms with van der Waals surface area (Å²) in [6.07, 6.45) is 0. The van der Waals surface area contributed by atoms with Gasteiger partial charge in [-0.25, -0.2) is 0 Å². The molecule has 0 radical (unpaired) electrons. The molecule has 0 aromatic rings. The van der Waals surface area contributed by atoms with Crippen LogP contribution in [-0.4, -0.2) is 52.4 Å². The summed E-state index contributed by atoms with van der Waals surface area (Å²) in [6, 6.07) is 0. The maximum absolute atomic E-state index is 9.41. The van der Waals surface area contributed by atoms with Gasteiger partial charge < -0.3 is 10.0 Å². The van der Waals surface area contributed by atoms with Gasteiger partial charge in [0, 0.05) is 0 Å². The van der Waals surface area contributed by atoms with Gasteiger partial charge in [-0.05, 0) is 0 Å². The van der Waals surface area contributed by atoms with Gasteiger partial charge in [-0.2, -0.15) is 0 Å². The monoisotopic (exact) mass is 190 g/mol. The first-order chi connectivity index (χ1) is 4.79. The number of hydrogen-bond acceptors (Lipinski definition) is 8. The van der Waals surface area contributed by atoms with E-state index in [0.29, 0.717) is 0 Å². The molecule has 2 aliphatic rings. The standard InChI is InChI=1S/2BO4.Ca/c2*2-1-3-5-4-1;/q2*-1;+2. The fourth-order valence-corrected chi connectivity index (χ4v) is 0.143. The van der Waals surface area contributed by atoms with Gasteiger partial charge in [0.15, 0.2) is 0 Å². The molecular weight excluding hydrogens is 190 g/mol. The third-order valence-electron chi connectivity index (χ3n) is 0.471. The average Bonchev–Trinajstić information content (AvgIpc) is 1.80. The Morgan fingerprint density at radius 2 is 0.909 bits per heavy atom. The largest absolute Gasteiger partial charge is 2.00 e. The molecule has 0 N–H and O–H groups in total. The fraction of sp³-hybridized carbons (Fsp3) is 0. The fourth-order valence-electron chi connectivity index (χ4n) is 0.143. The van der Waals surface area contributed by atoms with E-state index in [1.54, 1.807) is 0 Å². The predicted octanol–water partition coefficient (Wildman–Crippen LogP) is -3.93. The molecule has 0 atom stereocenters. The molecule has 0 amide bonds. The zero-order valence-corrected chi connectivity index (χ0v) is 7.34. The third-order valence-corrected chi connectivity index (χ3v) is 0.471. The molecule has 0 aromatic carbocycles. The Hall–Kier alpha value is 1.07. The summed E-state index contributed by atoms with van der Waals surface area (Å²) < 4.78 is 0. The van der Waals surface area contributed by atoms with Crippen LogP contribution in [-0.2, 0) is 29.3 Å². The van der Waals surface area contributed by atoms with E-state index in [2.05, 4.69) is 29.3 Å². The molecule has 0 bridgehead atoms. The molecule has 2 aliphatic heterocycles. The minimum atomic E-state index is -1.41. The van der Waals surface area contributed by atoms with Crippen molar-refractivity contribution in [2.24, 2.45) is 0 Å². The van der Waals surface area contributed by atoms with Gasteiger partial charge in [-0.15, -0.1) is 0 Å². The smallest absolute Gasteiger partial charge is 0.827 e. The van der Waals surface area contributed by atoms with Crippen LogP contribution >= 0.6 is 0 Å². The number of hydrogen-bond donors (Lipinski definition) is 0. The second-order valence-corrected chi connectivity index (χ2v) is 1.10. The third kappa shape index (κ3) is 5.33. The van der Waals surface area contributed by atoms with Gasteiger partial charge in [0.1, 0.15) is 0 Å². The Morgan fingerprint density at radius 3 is 0.909 bits per heavy atom. The van der Waals surface area contributed by atoms with E-state index < -0.39 is 14.6 Å². The maximum atomic E-state index is 9.41. The van der Waals surface area contributed by atoms with E-state index in [1.165, 1.54) is 0 Å². The molecule has 2 rings (SSSR count). The zero-order chi connectivity index (χ0) is 7.40. The Labute approximate surface area is 91.3 Å². The van der Waals surface area contributed by atoms with E-state index in [1.807, 2.05) is 0 Å². The summed E-state index contributed by atoms with van der Waals surface area (Å²) in [5.74, 6) is 0. The molecule has 2 heterocycles. The molecule has 56 valence electrons. The van der Waals surface area contributed by atoms with Crippen molar-refractivity contribution in [3.05, 3.63) is 0 Å². The molecule has 0 saturated carbocycles. The van der Waals surface area contributed by atoms with Crippen molar-refractivity contribution in [2.75, 3.05) is 0 Å². The Bertz CT molecular complexity index is 78.1. The van der Waals surface area contributed by atoms with Gasteiger partial charge in [0.2, 0.25) is 0 Å². The second-order valence-electron chi connectivity index (χ2n) is 1.10. The van der Waals surface area contributed by atoms with Crippen molar-refractivity contribution in [1.29, 1.82) is 0 Å². The van der Waals surface area contributed by atoms with Crippen molar-refractivity contribution in [1.82, 2.24) is 0 Å². The molecule has 0 spiro atoms. The van der Waals surface area contributed by atoms with Crippen LogP contribution in [0.15, 0.2) is 0 Å². The van der Waals surface area contributed by atoms with Gasteiger partial charge in [0.25, 0.3) is 0 Å². The minimum absolute atomic E-state index is 0. The molecule has 11 heteroatoms. The van der Waals surface area contributed by atoms with E-state index in [-0.39, 0.29) is 37.7 Å². The van der Waals surface area contributed by atoms with Crippen LogP contribution in [0.25, 0.3) is 0 Å². The van der Waals surface area contributed by atoms with E-state index in [4.69, 9.17) is 0 Å². The zero-order valence-electron chi connectivity index (χ0n) is 5.13. The molecule has 8 nitrogen and oxygen atoms in total. The first-order valence-corrected chi connectivity index (χ1v) is 2.08. The quantitative estimate of drug-likeness (QED) is 0.281. The predicted molar refractivity (Wildman–Crippen MR) is 23.8 cm³/mol. The SMILES string of the molecule is [Ca+2].[O-]B1OOO1.[O-]B1OOO1. The summed E-state index contributed by atoms with van der Waals surface area (Å²) in [5, 5.41) is 25.9. The summed E-state index contributed by atoms with van der Waals surface area (Å²) in [4.78, 5) is 14.6. The Morgan fingerprint density at radius 1 is 0.727 bits per heavy atom. The molecule has 0 aliphatic carbocycles. The van der Waals surface area contributed by atoms with Crippen molar-refractivity contribution in [3.8, 4) is 0 Å². The van der Waals surface area contributed by atoms with Gasteiger partial charge in [-0.3, -0.25) is 19.2 Å². The maximum Gasteiger partial charge on any atom is 2.00 e. The van der Waals surface area contributed by atoms with Crippen LogP contribution in [0.1, 0.15) is 0 Å². The molecule has 0 unspecified atom stereocenters. The van der Waals surface area contributed by atoms with Gasteiger partial charge in [0.05, 0.1) is 0 Å². The Kier molecular flexibility index (Phi) is 7.21. The van der Waals surface area contributed by atoms with Crippen molar-refractivity contribution in [3.63, 3.8) is 0 Å². The molecule has 2 fully saturated rings. The van der Waals surface area contributed by atoms with Crippen molar-refractivity contribution < 1.29 is 39.3 Å². The van der Waals surface area contributed by atoms with Crippen LogP contribution in [0.5, 0.6) is 0 Å². The van der Waals surface area contributed by atoms with Crippen LogP contribution in [0.4, 0.5) is 0 Å². The normalized spacial score (nSPS) is 20.2. The molecule has 11 heavy (non-hydrogen) atoms. The number of rotatable bonds is 0. The van der Waals surface area contributed by atoms with E-state index in [0.717, 1.165) is 0 Å². The van der Waals surface area contributed by atoms with E-state index in [9.17, 15) is 10.0 Å². The van der Waals surface area contributed by atoms with Crippen molar-refractivity contribution >= 4 is 52.4 Å². The molecule has 0 aromatic heterocycles. The summed E-state index contributed by atoms with van der Waals surface area (Å²) in [7, 11) is -2.81. The first-order valence-electron chi connectivity index (χ1n) is 2.08. The van der Waals surface area contributed by atoms with Crippen LogP contribution in [0.3, 0.4) is 0 Å². The topological polar surface area (TPSA) is 102 Å². The van der Waals surface area contributed by atoms with Crippen LogP contribution in [0.2, 0.25) is 0 Å². The van der Waals surface area contributed by atoms with Crippen molar-refractivity contribution in [2.45, 2.75) is 0 Å². The molecule has 2 saturated heterocycles. The summed E-state index contributed by atoms with van der Waals surface area (Å²) >= 11 is 0. The second kappa shape index (κ2) is 6.57. The minimum Gasteiger partial charge on any atom is -0.827 e. The van der Waals surface area contributed by atoms with Crippen LogP contribution in [0, 0.1) is 0 Å². The van der Waals surface area contributed by atoms with Gasteiger partial charge >= 0.3 is 52.4 Å². The molecular formula is B2CaO8. The summed E-state index contributed by atoms with van der Waals surface area (Å²) in [5.41, 5.74) is 0. The van der Waals surface area contributed by atoms with E-state index >= 15 is 0 Å². The van der Waals surface area contributed by atoms with Crippen LogP contribution < -0.4 is 10.0 Å². The average molecular weight is 190 g/mol. The van der Waals surface area contributed by atoms with Gasteiger partial charge in [-0.1, -0.05) is 10.1 Å². The Balaban J connectivity index is 0.000000167.